The van der Waals surface area contributed by atoms with Crippen LogP contribution in [0.4, 0.5) is 17.1 Å². The predicted molar refractivity (Wildman–Crippen MR) is 92.5 cm³/mol. The summed E-state index contributed by atoms with van der Waals surface area (Å²) >= 11 is 0. The third-order valence-electron chi connectivity index (χ3n) is 5.85. The molecule has 0 saturated heterocycles. The first kappa shape index (κ1) is 11.6. The number of nitrogens with two attached hydrogens (primary N) is 3. The zero-order valence-electron chi connectivity index (χ0n) is 12.4. The van der Waals surface area contributed by atoms with E-state index in [1.165, 1.54) is 38.9 Å². The molecule has 1 spiro atoms. The molecular formula is C20H15N3. The largest absolute Gasteiger partial charge is 0.399 e. The van der Waals surface area contributed by atoms with Crippen LogP contribution in [0.15, 0.2) is 48.5 Å². The van der Waals surface area contributed by atoms with E-state index in [-0.39, 0.29) is 11.3 Å². The highest BCUT2D eigenvalue weighted by Gasteiger charge is 2.64. The Morgan fingerprint density at radius 2 is 1.26 bits per heavy atom. The van der Waals surface area contributed by atoms with Gasteiger partial charge in [0.15, 0.2) is 0 Å². The molecule has 4 aliphatic rings. The molecule has 7 rings (SSSR count). The fourth-order valence-corrected chi connectivity index (χ4v) is 5.10. The molecule has 0 aromatic heterocycles. The molecule has 0 heterocycles. The Kier molecular flexibility index (Phi) is 1.62. The van der Waals surface area contributed by atoms with Gasteiger partial charge in [-0.2, -0.15) is 0 Å². The van der Waals surface area contributed by atoms with Crippen LogP contribution in [0, 0.1) is 0 Å². The van der Waals surface area contributed by atoms with E-state index < -0.39 is 0 Å². The highest BCUT2D eigenvalue weighted by Crippen LogP contribution is 2.73. The van der Waals surface area contributed by atoms with E-state index in [2.05, 4.69) is 30.3 Å². The molecule has 3 aromatic rings. The topological polar surface area (TPSA) is 78.1 Å². The normalized spacial score (nSPS) is 23.9. The maximum Gasteiger partial charge on any atom is 0.0738 e. The first-order chi connectivity index (χ1) is 11.1. The molecular weight excluding hydrogens is 282 g/mol. The van der Waals surface area contributed by atoms with Crippen molar-refractivity contribution in [2.75, 3.05) is 17.2 Å². The van der Waals surface area contributed by atoms with Crippen LogP contribution in [0.5, 0.6) is 0 Å². The summed E-state index contributed by atoms with van der Waals surface area (Å²) in [5.74, 6) is 0.214. The van der Waals surface area contributed by atoms with Crippen LogP contribution in [0.2, 0.25) is 0 Å². The predicted octanol–water partition coefficient (Wildman–Crippen LogP) is 2.94. The monoisotopic (exact) mass is 297 g/mol. The molecule has 0 amide bonds. The molecule has 0 unspecified atom stereocenters. The molecule has 3 heteroatoms. The number of benzene rings is 3. The second kappa shape index (κ2) is 3.20. The summed E-state index contributed by atoms with van der Waals surface area (Å²) in [6, 6.07) is 16.8. The van der Waals surface area contributed by atoms with Crippen LogP contribution in [0.1, 0.15) is 44.9 Å². The minimum absolute atomic E-state index is 0.163. The smallest absolute Gasteiger partial charge is 0.0738 e. The van der Waals surface area contributed by atoms with Crippen molar-refractivity contribution in [2.24, 2.45) is 0 Å². The van der Waals surface area contributed by atoms with Gasteiger partial charge in [0.1, 0.15) is 0 Å². The second-order valence-corrected chi connectivity index (χ2v) is 6.87. The highest BCUT2D eigenvalue weighted by molar-refractivity contribution is 5.92. The summed E-state index contributed by atoms with van der Waals surface area (Å²) in [7, 11) is 0. The zero-order chi connectivity index (χ0) is 15.5. The van der Waals surface area contributed by atoms with Crippen molar-refractivity contribution in [2.45, 2.75) is 11.3 Å². The summed E-state index contributed by atoms with van der Waals surface area (Å²) in [5, 5.41) is 0. The lowest BCUT2D eigenvalue weighted by molar-refractivity contribution is 0.743. The quantitative estimate of drug-likeness (QED) is 0.377. The first-order valence-corrected chi connectivity index (χ1v) is 7.87. The molecule has 2 bridgehead atoms. The maximum atomic E-state index is 6.34. The van der Waals surface area contributed by atoms with E-state index in [0.717, 1.165) is 17.1 Å². The molecule has 3 aromatic carbocycles. The van der Waals surface area contributed by atoms with Gasteiger partial charge in [-0.15, -0.1) is 0 Å². The van der Waals surface area contributed by atoms with E-state index >= 15 is 0 Å². The van der Waals surface area contributed by atoms with Gasteiger partial charge in [0.2, 0.25) is 0 Å². The molecule has 0 aliphatic heterocycles. The van der Waals surface area contributed by atoms with Gasteiger partial charge in [-0.25, -0.2) is 0 Å². The van der Waals surface area contributed by atoms with E-state index in [0.29, 0.717) is 0 Å². The number of nitrogen functional groups attached to an aromatic ring is 3. The molecule has 6 N–H and O–H groups in total. The van der Waals surface area contributed by atoms with Crippen molar-refractivity contribution < 1.29 is 0 Å². The SMILES string of the molecule is Nc1ccc2c(c1)C1c3cc(N)ccc3C23c2c(N)ccc1c23. The Morgan fingerprint density at radius 1 is 0.652 bits per heavy atom. The lowest BCUT2D eigenvalue weighted by Crippen LogP contribution is -2.30. The number of hydrogen-bond donors (Lipinski definition) is 3. The van der Waals surface area contributed by atoms with Gasteiger partial charge in [-0.1, -0.05) is 18.2 Å². The summed E-state index contributed by atoms with van der Waals surface area (Å²) in [6.07, 6.45) is 0. The maximum absolute atomic E-state index is 6.34. The third kappa shape index (κ3) is 1.01. The van der Waals surface area contributed by atoms with E-state index in [9.17, 15) is 0 Å². The van der Waals surface area contributed by atoms with E-state index in [1.54, 1.807) is 0 Å². The molecule has 0 atom stereocenters. The highest BCUT2D eigenvalue weighted by atomic mass is 14.7. The Morgan fingerprint density at radius 3 is 1.87 bits per heavy atom. The fourth-order valence-electron chi connectivity index (χ4n) is 5.10. The van der Waals surface area contributed by atoms with Crippen molar-refractivity contribution in [3.8, 4) is 0 Å². The number of hydrogen-bond acceptors (Lipinski definition) is 3. The summed E-state index contributed by atoms with van der Waals surface area (Å²) < 4.78 is 0. The minimum Gasteiger partial charge on any atom is -0.399 e. The van der Waals surface area contributed by atoms with Crippen molar-refractivity contribution in [1.82, 2.24) is 0 Å². The zero-order valence-corrected chi connectivity index (χ0v) is 12.4. The standard InChI is InChI=1S/C20H15N3/c21-9-1-4-14-12(7-9)17-11-3-6-16(23)19-18(11)20(14,19)15-5-2-10(22)8-13(15)17/h1-8,17H,21-23H2. The first-order valence-electron chi connectivity index (χ1n) is 7.87. The van der Waals surface area contributed by atoms with Crippen molar-refractivity contribution in [1.29, 1.82) is 0 Å². The summed E-state index contributed by atoms with van der Waals surface area (Å²) in [6.45, 7) is 0. The van der Waals surface area contributed by atoms with Crippen molar-refractivity contribution >= 4 is 17.1 Å². The van der Waals surface area contributed by atoms with Crippen molar-refractivity contribution in [3.05, 3.63) is 87.5 Å². The van der Waals surface area contributed by atoms with Gasteiger partial charge in [0.05, 0.1) is 5.41 Å². The van der Waals surface area contributed by atoms with E-state index in [4.69, 9.17) is 17.2 Å². The van der Waals surface area contributed by atoms with Gasteiger partial charge < -0.3 is 17.2 Å². The molecule has 23 heavy (non-hydrogen) atoms. The average Bonchev–Trinajstić information content (AvgIpc) is 3.23. The van der Waals surface area contributed by atoms with Crippen LogP contribution < -0.4 is 17.2 Å². The van der Waals surface area contributed by atoms with Gasteiger partial charge in [0, 0.05) is 23.0 Å². The van der Waals surface area contributed by atoms with Gasteiger partial charge in [-0.3, -0.25) is 0 Å². The lowest BCUT2D eigenvalue weighted by atomic mass is 9.62. The van der Waals surface area contributed by atoms with Gasteiger partial charge in [-0.05, 0) is 69.3 Å². The number of rotatable bonds is 0. The number of anilines is 3. The van der Waals surface area contributed by atoms with Crippen LogP contribution >= 0.6 is 0 Å². The van der Waals surface area contributed by atoms with Crippen molar-refractivity contribution in [3.63, 3.8) is 0 Å². The molecule has 0 fully saturated rings. The van der Waals surface area contributed by atoms with Crippen LogP contribution in [-0.4, -0.2) is 0 Å². The Labute approximate surface area is 133 Å². The molecule has 4 aliphatic carbocycles. The molecule has 110 valence electrons. The summed E-state index contributed by atoms with van der Waals surface area (Å²) in [4.78, 5) is 0. The average molecular weight is 297 g/mol. The lowest BCUT2D eigenvalue weighted by Gasteiger charge is -2.40. The fraction of sp³-hybridized carbons (Fsp3) is 0.100. The van der Waals surface area contributed by atoms with Gasteiger partial charge >= 0.3 is 0 Å². The molecule has 3 nitrogen and oxygen atoms in total. The Hall–Kier alpha value is -2.94. The van der Waals surface area contributed by atoms with Gasteiger partial charge in [0.25, 0.3) is 0 Å². The molecule has 0 saturated carbocycles. The molecule has 0 radical (unpaired) electrons. The Bertz CT molecular complexity index is 1000. The minimum atomic E-state index is -0.163. The van der Waals surface area contributed by atoms with Crippen LogP contribution in [0.25, 0.3) is 0 Å². The third-order valence-corrected chi connectivity index (χ3v) is 5.85. The Balaban J connectivity index is 1.83. The van der Waals surface area contributed by atoms with E-state index in [1.807, 2.05) is 18.2 Å². The summed E-state index contributed by atoms with van der Waals surface area (Å²) in [5.41, 5.74) is 30.2. The second-order valence-electron chi connectivity index (χ2n) is 6.87. The van der Waals surface area contributed by atoms with Crippen LogP contribution in [0.3, 0.4) is 0 Å². The van der Waals surface area contributed by atoms with Crippen LogP contribution in [-0.2, 0) is 5.41 Å².